The van der Waals surface area contributed by atoms with Crippen LogP contribution in [-0.2, 0) is 14.4 Å². The lowest BCUT2D eigenvalue weighted by Gasteiger charge is -2.14. The summed E-state index contributed by atoms with van der Waals surface area (Å²) in [5.74, 6) is -1.64. The molecule has 9 heteroatoms. The Hall–Kier alpha value is -3.62. The van der Waals surface area contributed by atoms with Crippen LogP contribution in [0.2, 0.25) is 0 Å². The number of nitrogens with one attached hydrogen (secondary N) is 3. The largest absolute Gasteiger partial charge is 0.481 e. The van der Waals surface area contributed by atoms with E-state index < -0.39 is 17.9 Å². The summed E-state index contributed by atoms with van der Waals surface area (Å²) < 4.78 is 5.15. The highest BCUT2D eigenvalue weighted by atomic mass is 16.4. The topological polar surface area (TPSA) is 159 Å². The Morgan fingerprint density at radius 2 is 1.78 bits per heavy atom. The third-order valence-corrected chi connectivity index (χ3v) is 3.66. The van der Waals surface area contributed by atoms with Gasteiger partial charge in [-0.25, -0.2) is 0 Å². The number of aliphatic carboxylic acids is 1. The number of nitrogen functional groups attached to an aromatic ring is 1. The number of carbonyl (C=O) groups is 3. The molecule has 6 N–H and O–H groups in total. The number of hydrogen-bond acceptors (Lipinski definition) is 5. The minimum Gasteiger partial charge on any atom is -0.481 e. The molecule has 0 aliphatic carbocycles. The third-order valence-electron chi connectivity index (χ3n) is 3.66. The van der Waals surface area contributed by atoms with Crippen molar-refractivity contribution < 1.29 is 23.9 Å². The molecule has 2 amide bonds. The first-order valence-corrected chi connectivity index (χ1v) is 8.14. The fraction of sp³-hybridized carbons (Fsp3) is 0.222. The molecule has 1 atom stereocenters. The monoisotopic (exact) mass is 372 g/mol. The van der Waals surface area contributed by atoms with Crippen molar-refractivity contribution in [2.75, 3.05) is 5.32 Å². The maximum absolute atomic E-state index is 12.0. The van der Waals surface area contributed by atoms with Crippen molar-refractivity contribution in [1.29, 1.82) is 5.41 Å². The second-order valence-electron chi connectivity index (χ2n) is 5.77. The predicted molar refractivity (Wildman–Crippen MR) is 97.2 cm³/mol. The van der Waals surface area contributed by atoms with Crippen molar-refractivity contribution in [3.63, 3.8) is 0 Å². The maximum atomic E-state index is 12.0. The Labute approximate surface area is 155 Å². The predicted octanol–water partition coefficient (Wildman–Crippen LogP) is 1.61. The molecule has 1 aromatic carbocycles. The summed E-state index contributed by atoms with van der Waals surface area (Å²) in [5, 5.41) is 21.5. The lowest BCUT2D eigenvalue weighted by molar-refractivity contribution is -0.138. The number of amides is 2. The van der Waals surface area contributed by atoms with Crippen LogP contribution in [0.1, 0.15) is 36.6 Å². The van der Waals surface area contributed by atoms with E-state index in [9.17, 15) is 14.4 Å². The van der Waals surface area contributed by atoms with E-state index in [0.29, 0.717) is 17.0 Å². The van der Waals surface area contributed by atoms with Crippen LogP contribution in [-0.4, -0.2) is 28.7 Å². The van der Waals surface area contributed by atoms with Crippen LogP contribution in [0, 0.1) is 5.41 Å². The molecule has 1 heterocycles. The number of hydrogen-bond donors (Lipinski definition) is 5. The van der Waals surface area contributed by atoms with Gasteiger partial charge in [-0.3, -0.25) is 19.8 Å². The molecule has 0 spiro atoms. The zero-order chi connectivity index (χ0) is 19.8. The quantitative estimate of drug-likeness (QED) is 0.332. The minimum atomic E-state index is -1.08. The van der Waals surface area contributed by atoms with Gasteiger partial charge >= 0.3 is 5.97 Å². The van der Waals surface area contributed by atoms with Crippen LogP contribution in [0.25, 0.3) is 0 Å². The lowest BCUT2D eigenvalue weighted by atomic mass is 10.1. The van der Waals surface area contributed by atoms with E-state index in [1.807, 2.05) is 0 Å². The molecule has 2 aromatic rings. The van der Waals surface area contributed by atoms with Crippen LogP contribution in [0.3, 0.4) is 0 Å². The van der Waals surface area contributed by atoms with E-state index in [2.05, 4.69) is 10.6 Å². The van der Waals surface area contributed by atoms with E-state index in [1.54, 1.807) is 36.4 Å². The second kappa shape index (κ2) is 9.18. The van der Waals surface area contributed by atoms with Crippen LogP contribution in [0.15, 0.2) is 47.1 Å². The highest BCUT2D eigenvalue weighted by Crippen LogP contribution is 2.17. The van der Waals surface area contributed by atoms with Crippen molar-refractivity contribution >= 4 is 29.3 Å². The number of carboxylic acid groups (broad SMARTS) is 1. The van der Waals surface area contributed by atoms with E-state index in [-0.39, 0.29) is 31.0 Å². The van der Waals surface area contributed by atoms with Crippen molar-refractivity contribution in [3.8, 4) is 0 Å². The van der Waals surface area contributed by atoms with Gasteiger partial charge < -0.3 is 25.9 Å². The van der Waals surface area contributed by atoms with Crippen LogP contribution >= 0.6 is 0 Å². The van der Waals surface area contributed by atoms with Gasteiger partial charge in [-0.05, 0) is 36.4 Å². The molecule has 1 aromatic heterocycles. The molecule has 0 aliphatic rings. The smallest absolute Gasteiger partial charge is 0.305 e. The fourth-order valence-corrected chi connectivity index (χ4v) is 2.34. The molecular formula is C18H20N4O5. The number of carbonyl (C=O) groups excluding carboxylic acids is 2. The number of amidine groups is 1. The van der Waals surface area contributed by atoms with Gasteiger partial charge in [0, 0.05) is 24.1 Å². The maximum Gasteiger partial charge on any atom is 0.305 e. The number of nitrogens with two attached hydrogens (primary N) is 1. The summed E-state index contributed by atoms with van der Waals surface area (Å²) >= 11 is 0. The number of furan rings is 1. The SMILES string of the molecule is N=C(N)c1ccc(NC(=O)CCC(=O)NC(CC(=O)O)c2ccco2)cc1. The molecule has 1 unspecified atom stereocenters. The van der Waals surface area contributed by atoms with Crippen molar-refractivity contribution in [1.82, 2.24) is 5.32 Å². The Morgan fingerprint density at radius 1 is 1.11 bits per heavy atom. The highest BCUT2D eigenvalue weighted by molar-refractivity contribution is 5.96. The highest BCUT2D eigenvalue weighted by Gasteiger charge is 2.20. The molecule has 0 fully saturated rings. The molecule has 27 heavy (non-hydrogen) atoms. The summed E-state index contributed by atoms with van der Waals surface area (Å²) in [6.45, 7) is 0. The number of carboxylic acids is 1. The molecule has 0 bridgehead atoms. The summed E-state index contributed by atoms with van der Waals surface area (Å²) in [7, 11) is 0. The van der Waals surface area contributed by atoms with E-state index in [4.69, 9.17) is 20.7 Å². The summed E-state index contributed by atoms with van der Waals surface area (Å²) in [5.41, 5.74) is 6.41. The van der Waals surface area contributed by atoms with Gasteiger partial charge in [0.1, 0.15) is 11.6 Å². The minimum absolute atomic E-state index is 0.0712. The van der Waals surface area contributed by atoms with E-state index in [1.165, 1.54) is 6.26 Å². The normalized spacial score (nSPS) is 11.4. The first-order chi connectivity index (χ1) is 12.8. The molecule has 9 nitrogen and oxygen atoms in total. The Bertz CT molecular complexity index is 815. The lowest BCUT2D eigenvalue weighted by Crippen LogP contribution is -2.30. The Balaban J connectivity index is 1.83. The summed E-state index contributed by atoms with van der Waals surface area (Å²) in [6.07, 6.45) is 0.890. The zero-order valence-electron chi connectivity index (χ0n) is 14.4. The molecule has 142 valence electrons. The first kappa shape index (κ1) is 19.7. The number of benzene rings is 1. The Kier molecular flexibility index (Phi) is 6.70. The van der Waals surface area contributed by atoms with Crippen LogP contribution in [0.5, 0.6) is 0 Å². The molecule has 0 saturated carbocycles. The molecule has 0 aliphatic heterocycles. The van der Waals surface area contributed by atoms with Gasteiger partial charge in [0.15, 0.2) is 0 Å². The third kappa shape index (κ3) is 6.31. The molecule has 2 rings (SSSR count). The van der Waals surface area contributed by atoms with Gasteiger partial charge in [0.05, 0.1) is 18.7 Å². The van der Waals surface area contributed by atoms with Crippen molar-refractivity contribution in [3.05, 3.63) is 54.0 Å². The summed E-state index contributed by atoms with van der Waals surface area (Å²) in [6, 6.07) is 8.79. The van der Waals surface area contributed by atoms with Gasteiger partial charge in [0.2, 0.25) is 11.8 Å². The van der Waals surface area contributed by atoms with Crippen LogP contribution in [0.4, 0.5) is 5.69 Å². The van der Waals surface area contributed by atoms with Gasteiger partial charge in [0.25, 0.3) is 0 Å². The van der Waals surface area contributed by atoms with Gasteiger partial charge in [-0.1, -0.05) is 0 Å². The van der Waals surface area contributed by atoms with Crippen molar-refractivity contribution in [2.24, 2.45) is 5.73 Å². The standard InChI is InChI=1S/C18H20N4O5/c19-18(20)11-3-5-12(6-4-11)21-15(23)7-8-16(24)22-13(10-17(25)26)14-2-1-9-27-14/h1-6,9,13H,7-8,10H2,(H3,19,20)(H,21,23)(H,22,24)(H,25,26). The molecular weight excluding hydrogens is 352 g/mol. The van der Waals surface area contributed by atoms with E-state index in [0.717, 1.165) is 0 Å². The number of rotatable bonds is 9. The van der Waals surface area contributed by atoms with Crippen molar-refractivity contribution in [2.45, 2.75) is 25.3 Å². The molecule has 0 radical (unpaired) electrons. The first-order valence-electron chi connectivity index (χ1n) is 8.14. The average molecular weight is 372 g/mol. The van der Waals surface area contributed by atoms with Gasteiger partial charge in [-0.15, -0.1) is 0 Å². The second-order valence-corrected chi connectivity index (χ2v) is 5.77. The number of anilines is 1. The average Bonchev–Trinajstić information content (AvgIpc) is 3.14. The molecule has 0 saturated heterocycles. The summed E-state index contributed by atoms with van der Waals surface area (Å²) in [4.78, 5) is 34.9. The van der Waals surface area contributed by atoms with E-state index >= 15 is 0 Å². The van der Waals surface area contributed by atoms with Gasteiger partial charge in [-0.2, -0.15) is 0 Å². The fourth-order valence-electron chi connectivity index (χ4n) is 2.34. The zero-order valence-corrected chi connectivity index (χ0v) is 14.4. The Morgan fingerprint density at radius 3 is 2.33 bits per heavy atom. The van der Waals surface area contributed by atoms with Crippen LogP contribution < -0.4 is 16.4 Å².